The van der Waals surface area contributed by atoms with Gasteiger partial charge in [0.1, 0.15) is 0 Å². The maximum absolute atomic E-state index is 11.9. The maximum atomic E-state index is 11.9. The molecule has 1 heterocycles. The number of nitrogens with zero attached hydrogens (tertiary/aromatic N) is 1. The second kappa shape index (κ2) is 5.56. The molecule has 1 fully saturated rings. The molecule has 2 rings (SSSR count). The number of carbonyl (C=O) groups is 1. The number of rotatable bonds is 4. The Morgan fingerprint density at radius 3 is 2.82 bits per heavy atom. The average molecular weight is 251 g/mol. The zero-order valence-electron chi connectivity index (χ0n) is 9.67. The summed E-state index contributed by atoms with van der Waals surface area (Å²) < 4.78 is 0. The molecule has 1 amide bonds. The third kappa shape index (κ3) is 2.64. The molecule has 1 unspecified atom stereocenters. The Labute approximate surface area is 107 Å². The third-order valence-electron chi connectivity index (χ3n) is 3.13. The lowest BCUT2D eigenvalue weighted by molar-refractivity contribution is -0.117. The molecule has 1 aromatic carbocycles. The van der Waals surface area contributed by atoms with Crippen LogP contribution in [0.25, 0.3) is 0 Å². The van der Waals surface area contributed by atoms with E-state index in [4.69, 9.17) is 5.11 Å². The summed E-state index contributed by atoms with van der Waals surface area (Å²) in [6.07, 6.45) is 1.17. The summed E-state index contributed by atoms with van der Waals surface area (Å²) in [7, 11) is 0. The van der Waals surface area contributed by atoms with Crippen LogP contribution in [-0.2, 0) is 11.2 Å². The molecule has 1 saturated heterocycles. The normalized spacial score (nSPS) is 20.0. The van der Waals surface area contributed by atoms with E-state index in [9.17, 15) is 4.79 Å². The number of para-hydroxylation sites is 1. The topological polar surface area (TPSA) is 40.5 Å². The fourth-order valence-corrected chi connectivity index (χ4v) is 2.49. The predicted molar refractivity (Wildman–Crippen MR) is 71.5 cm³/mol. The highest BCUT2D eigenvalue weighted by Gasteiger charge is 2.30. The third-order valence-corrected chi connectivity index (χ3v) is 3.64. The van der Waals surface area contributed by atoms with Gasteiger partial charge in [0.05, 0.1) is 0 Å². The Morgan fingerprint density at radius 2 is 2.18 bits per heavy atom. The number of anilines is 1. The van der Waals surface area contributed by atoms with E-state index >= 15 is 0 Å². The highest BCUT2D eigenvalue weighted by molar-refractivity contribution is 7.80. The van der Waals surface area contributed by atoms with Crippen molar-refractivity contribution in [1.29, 1.82) is 0 Å². The van der Waals surface area contributed by atoms with Gasteiger partial charge in [-0.05, 0) is 29.7 Å². The maximum Gasteiger partial charge on any atom is 0.227 e. The molecule has 1 aromatic rings. The Kier molecular flexibility index (Phi) is 4.07. The largest absolute Gasteiger partial charge is 0.396 e. The number of amides is 1. The molecule has 3 nitrogen and oxygen atoms in total. The molecular weight excluding hydrogens is 234 g/mol. The molecule has 1 aliphatic heterocycles. The van der Waals surface area contributed by atoms with E-state index in [0.29, 0.717) is 18.8 Å². The Hall–Kier alpha value is -1.00. The summed E-state index contributed by atoms with van der Waals surface area (Å²) >= 11 is 4.26. The van der Waals surface area contributed by atoms with E-state index in [1.165, 1.54) is 0 Å². The van der Waals surface area contributed by atoms with Crippen LogP contribution < -0.4 is 4.90 Å². The lowest BCUT2D eigenvalue weighted by Gasteiger charge is -2.20. The number of aliphatic hydroxyl groups excluding tert-OH is 1. The van der Waals surface area contributed by atoms with Crippen molar-refractivity contribution in [3.05, 3.63) is 29.8 Å². The van der Waals surface area contributed by atoms with Crippen LogP contribution in [0.1, 0.15) is 12.0 Å². The minimum absolute atomic E-state index is 0.106. The molecule has 1 aliphatic rings. The number of aliphatic hydroxyl groups is 1. The van der Waals surface area contributed by atoms with Crippen molar-refractivity contribution in [3.8, 4) is 0 Å². The Balaban J connectivity index is 2.25. The van der Waals surface area contributed by atoms with E-state index in [0.717, 1.165) is 23.5 Å². The zero-order chi connectivity index (χ0) is 12.3. The summed E-state index contributed by atoms with van der Waals surface area (Å²) in [6.45, 7) is 0.847. The summed E-state index contributed by atoms with van der Waals surface area (Å²) in [5.74, 6) is 1.24. The predicted octanol–water partition coefficient (Wildman–Crippen LogP) is 1.50. The zero-order valence-corrected chi connectivity index (χ0v) is 10.6. The van der Waals surface area contributed by atoms with Gasteiger partial charge >= 0.3 is 0 Å². The molecule has 1 N–H and O–H groups in total. The van der Waals surface area contributed by atoms with Crippen LogP contribution >= 0.6 is 12.6 Å². The molecule has 0 saturated carbocycles. The van der Waals surface area contributed by atoms with Gasteiger partial charge in [0, 0.05) is 25.3 Å². The van der Waals surface area contributed by atoms with Crippen molar-refractivity contribution < 1.29 is 9.90 Å². The first-order valence-corrected chi connectivity index (χ1v) is 6.49. The van der Waals surface area contributed by atoms with Gasteiger partial charge in [-0.1, -0.05) is 18.2 Å². The van der Waals surface area contributed by atoms with E-state index in [1.807, 2.05) is 29.2 Å². The molecule has 0 aromatic heterocycles. The summed E-state index contributed by atoms with van der Waals surface area (Å²) in [4.78, 5) is 13.8. The molecule has 17 heavy (non-hydrogen) atoms. The lowest BCUT2D eigenvalue weighted by atomic mass is 10.1. The first-order valence-electron chi connectivity index (χ1n) is 5.86. The molecule has 0 aliphatic carbocycles. The number of thiol groups is 1. The van der Waals surface area contributed by atoms with Crippen LogP contribution in [0, 0.1) is 5.92 Å². The summed E-state index contributed by atoms with van der Waals surface area (Å²) in [5.41, 5.74) is 1.97. The lowest BCUT2D eigenvalue weighted by Crippen LogP contribution is -2.26. The molecule has 0 spiro atoms. The number of hydrogen-bond acceptors (Lipinski definition) is 3. The molecular formula is C13H17NO2S. The van der Waals surface area contributed by atoms with Gasteiger partial charge in [0.2, 0.25) is 5.91 Å². The minimum Gasteiger partial charge on any atom is -0.396 e. The van der Waals surface area contributed by atoms with Gasteiger partial charge in [-0.15, -0.1) is 0 Å². The van der Waals surface area contributed by atoms with Gasteiger partial charge in [-0.2, -0.15) is 12.6 Å². The van der Waals surface area contributed by atoms with Crippen molar-refractivity contribution in [2.24, 2.45) is 5.92 Å². The number of benzene rings is 1. The highest BCUT2D eigenvalue weighted by atomic mass is 32.1. The van der Waals surface area contributed by atoms with E-state index in [1.54, 1.807) is 0 Å². The van der Waals surface area contributed by atoms with Crippen LogP contribution in [0.15, 0.2) is 24.3 Å². The summed E-state index contributed by atoms with van der Waals surface area (Å²) in [5, 5.41) is 9.04. The van der Waals surface area contributed by atoms with Crippen LogP contribution in [0.3, 0.4) is 0 Å². The minimum atomic E-state index is 0.106. The molecule has 1 atom stereocenters. The Morgan fingerprint density at radius 1 is 1.41 bits per heavy atom. The fraction of sp³-hybridized carbons (Fsp3) is 0.462. The van der Waals surface area contributed by atoms with Gasteiger partial charge < -0.3 is 10.0 Å². The van der Waals surface area contributed by atoms with E-state index in [-0.39, 0.29) is 12.5 Å². The molecule has 4 heteroatoms. The smallest absolute Gasteiger partial charge is 0.227 e. The molecule has 0 bridgehead atoms. The Bertz CT molecular complexity index is 408. The summed E-state index contributed by atoms with van der Waals surface area (Å²) in [6, 6.07) is 7.78. The van der Waals surface area contributed by atoms with Crippen LogP contribution in [0.5, 0.6) is 0 Å². The van der Waals surface area contributed by atoms with Gasteiger partial charge in [-0.25, -0.2) is 0 Å². The van der Waals surface area contributed by atoms with Gasteiger partial charge in [0.15, 0.2) is 0 Å². The second-order valence-electron chi connectivity index (χ2n) is 4.36. The highest BCUT2D eigenvalue weighted by Crippen LogP contribution is 2.28. The SMILES string of the molecule is O=C1CC(CS)CN1c1ccccc1CCO. The van der Waals surface area contributed by atoms with Crippen molar-refractivity contribution in [3.63, 3.8) is 0 Å². The quantitative estimate of drug-likeness (QED) is 0.796. The van der Waals surface area contributed by atoms with Crippen LogP contribution in [-0.4, -0.2) is 29.9 Å². The molecule has 0 radical (unpaired) electrons. The monoisotopic (exact) mass is 251 g/mol. The van der Waals surface area contributed by atoms with Crippen molar-refractivity contribution in [2.45, 2.75) is 12.8 Å². The van der Waals surface area contributed by atoms with E-state index in [2.05, 4.69) is 12.6 Å². The first kappa shape index (κ1) is 12.5. The van der Waals surface area contributed by atoms with Crippen molar-refractivity contribution >= 4 is 24.2 Å². The number of hydrogen-bond donors (Lipinski definition) is 2. The van der Waals surface area contributed by atoms with Crippen LogP contribution in [0.4, 0.5) is 5.69 Å². The second-order valence-corrected chi connectivity index (χ2v) is 4.72. The van der Waals surface area contributed by atoms with Crippen LogP contribution in [0.2, 0.25) is 0 Å². The molecule has 92 valence electrons. The van der Waals surface area contributed by atoms with Crippen molar-refractivity contribution in [1.82, 2.24) is 0 Å². The van der Waals surface area contributed by atoms with Gasteiger partial charge in [0.25, 0.3) is 0 Å². The standard InChI is InChI=1S/C13H17NO2S/c15-6-5-11-3-1-2-4-12(11)14-8-10(9-17)7-13(14)16/h1-4,10,15,17H,5-9H2. The number of carbonyl (C=O) groups excluding carboxylic acids is 1. The van der Waals surface area contributed by atoms with Gasteiger partial charge in [-0.3, -0.25) is 4.79 Å². The fourth-order valence-electron chi connectivity index (χ4n) is 2.24. The van der Waals surface area contributed by atoms with E-state index < -0.39 is 0 Å². The first-order chi connectivity index (χ1) is 8.26. The average Bonchev–Trinajstić information content (AvgIpc) is 2.72. The van der Waals surface area contributed by atoms with Crippen molar-refractivity contribution in [2.75, 3.05) is 23.8 Å².